The molecule has 4 heterocycles. The zero-order valence-electron chi connectivity index (χ0n) is 20.5. The van der Waals surface area contributed by atoms with Crippen LogP contribution in [0.25, 0.3) is 0 Å². The van der Waals surface area contributed by atoms with Crippen LogP contribution in [-0.2, 0) is 0 Å². The molecule has 0 spiro atoms. The van der Waals surface area contributed by atoms with Crippen LogP contribution in [0, 0.1) is 19.8 Å². The smallest absolute Gasteiger partial charge is 0.180 e. The lowest BCUT2D eigenvalue weighted by atomic mass is 9.85. The molecule has 1 aromatic heterocycles. The van der Waals surface area contributed by atoms with Crippen molar-refractivity contribution < 1.29 is 0 Å². The maximum absolute atomic E-state index is 5.27. The van der Waals surface area contributed by atoms with E-state index in [1.54, 1.807) is 0 Å². The van der Waals surface area contributed by atoms with Crippen molar-refractivity contribution in [3.8, 4) is 0 Å². The number of rotatable bonds is 7. The molecule has 0 aliphatic carbocycles. The molecular formula is C27H38N6. The first kappa shape index (κ1) is 22.5. The Kier molecular flexibility index (Phi) is 6.74. The minimum Gasteiger partial charge on any atom is -0.370 e. The molecule has 2 fully saturated rings. The highest BCUT2D eigenvalue weighted by atomic mass is 15.1. The largest absolute Gasteiger partial charge is 0.370 e. The lowest BCUT2D eigenvalue weighted by molar-refractivity contribution is 0.201. The van der Waals surface area contributed by atoms with E-state index < -0.39 is 0 Å². The van der Waals surface area contributed by atoms with Crippen LogP contribution in [0.3, 0.4) is 0 Å². The second-order valence-electron chi connectivity index (χ2n) is 10.1. The van der Waals surface area contributed by atoms with Crippen molar-refractivity contribution in [3.63, 3.8) is 0 Å². The molecule has 1 atom stereocenters. The standard InChI is InChI=1S/C27H38N6/c1-19-20(2)29-27(31-26(19)28-13-8-16-33-14-6-7-15-33)25-23-10-5-4-9-22(23)24(30-25)21-11-17-32(3)18-12-21/h4-5,9-10,21,24H,6-8,11-18H2,1-3H3,(H,28,29,31). The third-order valence-electron chi connectivity index (χ3n) is 7.76. The van der Waals surface area contributed by atoms with Gasteiger partial charge in [0.15, 0.2) is 5.82 Å². The highest BCUT2D eigenvalue weighted by Gasteiger charge is 2.34. The third-order valence-corrected chi connectivity index (χ3v) is 7.76. The number of piperidine rings is 1. The molecule has 1 unspecified atom stereocenters. The van der Waals surface area contributed by atoms with Gasteiger partial charge < -0.3 is 15.1 Å². The summed E-state index contributed by atoms with van der Waals surface area (Å²) in [5, 5.41) is 3.61. The molecule has 3 aliphatic rings. The molecule has 0 bridgehead atoms. The number of hydrogen-bond acceptors (Lipinski definition) is 6. The van der Waals surface area contributed by atoms with E-state index in [-0.39, 0.29) is 6.04 Å². The molecule has 5 rings (SSSR count). The van der Waals surface area contributed by atoms with Gasteiger partial charge in [0.1, 0.15) is 11.5 Å². The number of likely N-dealkylation sites (tertiary alicyclic amines) is 2. The summed E-state index contributed by atoms with van der Waals surface area (Å²) in [6.45, 7) is 11.1. The maximum Gasteiger partial charge on any atom is 0.180 e. The first-order valence-corrected chi connectivity index (χ1v) is 12.8. The van der Waals surface area contributed by atoms with Crippen molar-refractivity contribution in [2.75, 3.05) is 51.6 Å². The van der Waals surface area contributed by atoms with Gasteiger partial charge in [-0.15, -0.1) is 0 Å². The third kappa shape index (κ3) is 4.82. The predicted molar refractivity (Wildman–Crippen MR) is 135 cm³/mol. The second kappa shape index (κ2) is 9.90. The fraction of sp³-hybridized carbons (Fsp3) is 0.593. The number of aromatic nitrogens is 2. The van der Waals surface area contributed by atoms with Gasteiger partial charge in [0.25, 0.3) is 0 Å². The minimum absolute atomic E-state index is 0.229. The van der Waals surface area contributed by atoms with Crippen LogP contribution >= 0.6 is 0 Å². The van der Waals surface area contributed by atoms with Crippen LogP contribution in [0.1, 0.15) is 66.4 Å². The van der Waals surface area contributed by atoms with E-state index in [9.17, 15) is 0 Å². The average Bonchev–Trinajstić information content (AvgIpc) is 3.48. The summed E-state index contributed by atoms with van der Waals surface area (Å²) in [5.74, 6) is 2.32. The fourth-order valence-corrected chi connectivity index (χ4v) is 5.55. The van der Waals surface area contributed by atoms with Crippen LogP contribution in [0.5, 0.6) is 0 Å². The molecule has 0 amide bonds. The van der Waals surface area contributed by atoms with Crippen LogP contribution in [0.2, 0.25) is 0 Å². The van der Waals surface area contributed by atoms with Gasteiger partial charge in [0.05, 0.1) is 6.04 Å². The Bertz CT molecular complexity index is 1000. The van der Waals surface area contributed by atoms with Gasteiger partial charge in [-0.1, -0.05) is 24.3 Å². The summed E-state index contributed by atoms with van der Waals surface area (Å²) in [5.41, 5.74) is 5.70. The fourth-order valence-electron chi connectivity index (χ4n) is 5.55. The Balaban J connectivity index is 1.36. The van der Waals surface area contributed by atoms with E-state index in [1.165, 1.54) is 56.4 Å². The lowest BCUT2D eigenvalue weighted by Crippen LogP contribution is -2.32. The zero-order valence-corrected chi connectivity index (χ0v) is 20.5. The molecule has 6 nitrogen and oxygen atoms in total. The lowest BCUT2D eigenvalue weighted by Gasteiger charge is -2.31. The number of aryl methyl sites for hydroxylation is 1. The van der Waals surface area contributed by atoms with E-state index in [4.69, 9.17) is 15.0 Å². The quantitative estimate of drug-likeness (QED) is 0.645. The van der Waals surface area contributed by atoms with Crippen LogP contribution in [0.15, 0.2) is 29.3 Å². The summed E-state index contributed by atoms with van der Waals surface area (Å²) in [6.07, 6.45) is 6.24. The first-order chi connectivity index (χ1) is 16.1. The van der Waals surface area contributed by atoms with Gasteiger partial charge in [0, 0.05) is 23.4 Å². The Morgan fingerprint density at radius 1 is 1.00 bits per heavy atom. The normalized spacial score (nSPS) is 21.9. The maximum atomic E-state index is 5.27. The van der Waals surface area contributed by atoms with Crippen molar-refractivity contribution in [3.05, 3.63) is 52.5 Å². The van der Waals surface area contributed by atoms with E-state index in [0.29, 0.717) is 5.92 Å². The van der Waals surface area contributed by atoms with E-state index in [1.807, 2.05) is 0 Å². The van der Waals surface area contributed by atoms with Crippen molar-refractivity contribution in [1.29, 1.82) is 0 Å². The molecule has 2 aromatic rings. The van der Waals surface area contributed by atoms with Gasteiger partial charge in [0.2, 0.25) is 0 Å². The van der Waals surface area contributed by atoms with Crippen molar-refractivity contribution in [2.24, 2.45) is 10.9 Å². The van der Waals surface area contributed by atoms with E-state index in [0.717, 1.165) is 54.7 Å². The molecule has 6 heteroatoms. The van der Waals surface area contributed by atoms with Crippen molar-refractivity contribution in [1.82, 2.24) is 19.8 Å². The monoisotopic (exact) mass is 446 g/mol. The second-order valence-corrected chi connectivity index (χ2v) is 10.1. The molecule has 2 saturated heterocycles. The molecule has 1 N–H and O–H groups in total. The predicted octanol–water partition coefficient (Wildman–Crippen LogP) is 4.23. The Labute approximate surface area is 198 Å². The van der Waals surface area contributed by atoms with Gasteiger partial charge in [-0.25, -0.2) is 9.97 Å². The van der Waals surface area contributed by atoms with Gasteiger partial charge >= 0.3 is 0 Å². The molecular weight excluding hydrogens is 408 g/mol. The summed E-state index contributed by atoms with van der Waals surface area (Å²) in [6, 6.07) is 8.95. The molecule has 0 saturated carbocycles. The van der Waals surface area contributed by atoms with Crippen molar-refractivity contribution >= 4 is 11.5 Å². The molecule has 176 valence electrons. The number of hydrogen-bond donors (Lipinski definition) is 1. The number of nitrogens with one attached hydrogen (secondary N) is 1. The zero-order chi connectivity index (χ0) is 22.8. The van der Waals surface area contributed by atoms with E-state index >= 15 is 0 Å². The Morgan fingerprint density at radius 3 is 2.55 bits per heavy atom. The van der Waals surface area contributed by atoms with Crippen molar-refractivity contribution in [2.45, 2.75) is 52.0 Å². The molecule has 3 aliphatic heterocycles. The SMILES string of the molecule is Cc1nc(C2=NC(C3CCN(C)CC3)c3ccccc32)nc(NCCCN2CCCC2)c1C. The molecule has 33 heavy (non-hydrogen) atoms. The van der Waals surface area contributed by atoms with Crippen LogP contribution in [0.4, 0.5) is 5.82 Å². The summed E-state index contributed by atoms with van der Waals surface area (Å²) in [7, 11) is 2.22. The number of nitrogens with zero attached hydrogens (tertiary/aromatic N) is 5. The molecule has 0 radical (unpaired) electrons. The summed E-state index contributed by atoms with van der Waals surface area (Å²) >= 11 is 0. The highest BCUT2D eigenvalue weighted by Crippen LogP contribution is 2.40. The number of benzene rings is 1. The topological polar surface area (TPSA) is 56.7 Å². The van der Waals surface area contributed by atoms with Gasteiger partial charge in [-0.2, -0.15) is 0 Å². The Morgan fingerprint density at radius 2 is 1.76 bits per heavy atom. The van der Waals surface area contributed by atoms with Gasteiger partial charge in [-0.05, 0) is 97.2 Å². The van der Waals surface area contributed by atoms with Gasteiger partial charge in [-0.3, -0.25) is 4.99 Å². The summed E-state index contributed by atoms with van der Waals surface area (Å²) < 4.78 is 0. The molecule has 1 aromatic carbocycles. The minimum atomic E-state index is 0.229. The Hall–Kier alpha value is -2.31. The first-order valence-electron chi connectivity index (χ1n) is 12.8. The van der Waals surface area contributed by atoms with Crippen LogP contribution in [-0.4, -0.2) is 71.8 Å². The van der Waals surface area contributed by atoms with Crippen LogP contribution < -0.4 is 5.32 Å². The number of anilines is 1. The highest BCUT2D eigenvalue weighted by molar-refractivity contribution is 6.13. The number of aliphatic imine (C=N–C) groups is 1. The van der Waals surface area contributed by atoms with E-state index in [2.05, 4.69) is 60.3 Å². The summed E-state index contributed by atoms with van der Waals surface area (Å²) in [4.78, 5) is 20.2. The number of fused-ring (bicyclic) bond motifs is 1. The average molecular weight is 447 g/mol.